The second-order valence-corrected chi connectivity index (χ2v) is 2.71. The summed E-state index contributed by atoms with van der Waals surface area (Å²) in [5.41, 5.74) is 0.477. The van der Waals surface area contributed by atoms with E-state index in [1.807, 2.05) is 0 Å². The van der Waals surface area contributed by atoms with Crippen molar-refractivity contribution in [2.45, 2.75) is 0 Å². The van der Waals surface area contributed by atoms with Crippen LogP contribution >= 0.6 is 23.2 Å². The molecule has 1 aromatic rings. The van der Waals surface area contributed by atoms with E-state index in [9.17, 15) is 4.79 Å². The van der Waals surface area contributed by atoms with Crippen LogP contribution in [0, 0.1) is 0 Å². The number of rotatable bonds is 2. The van der Waals surface area contributed by atoms with Crippen molar-refractivity contribution in [2.75, 3.05) is 11.2 Å². The molecule has 0 aliphatic heterocycles. The number of pyridine rings is 1. The average Bonchev–Trinajstić information content (AvgIpc) is 2.09. The zero-order valence-corrected chi connectivity index (χ0v) is 7.56. The van der Waals surface area contributed by atoms with Crippen LogP contribution < -0.4 is 5.32 Å². The topological polar surface area (TPSA) is 42.0 Å². The Morgan fingerprint density at radius 2 is 2.42 bits per heavy atom. The van der Waals surface area contributed by atoms with Crippen LogP contribution in [0.1, 0.15) is 0 Å². The molecule has 0 spiro atoms. The molecule has 0 aromatic carbocycles. The second kappa shape index (κ2) is 4.28. The fourth-order valence-corrected chi connectivity index (χ4v) is 0.872. The van der Waals surface area contributed by atoms with Crippen LogP contribution in [0.25, 0.3) is 0 Å². The van der Waals surface area contributed by atoms with E-state index in [1.165, 1.54) is 6.20 Å². The van der Waals surface area contributed by atoms with Crippen LogP contribution in [0.4, 0.5) is 5.69 Å². The number of nitrogens with zero attached hydrogens (tertiary/aromatic N) is 1. The van der Waals surface area contributed by atoms with Crippen LogP contribution in [0.15, 0.2) is 18.5 Å². The van der Waals surface area contributed by atoms with Gasteiger partial charge in [0.15, 0.2) is 0 Å². The lowest BCUT2D eigenvalue weighted by atomic mass is 10.4. The van der Waals surface area contributed by atoms with E-state index >= 15 is 0 Å². The zero-order valence-electron chi connectivity index (χ0n) is 6.05. The largest absolute Gasteiger partial charge is 0.322 e. The van der Waals surface area contributed by atoms with E-state index in [1.54, 1.807) is 12.3 Å². The van der Waals surface area contributed by atoms with E-state index in [4.69, 9.17) is 23.2 Å². The molecule has 0 bridgehead atoms. The molecule has 0 unspecified atom stereocenters. The number of alkyl halides is 1. The normalized spacial score (nSPS) is 9.50. The van der Waals surface area contributed by atoms with Crippen LogP contribution in [-0.2, 0) is 4.79 Å². The Hall–Kier alpha value is -0.800. The number of hydrogen-bond donors (Lipinski definition) is 1. The number of carbonyl (C=O) groups is 1. The molecule has 1 amide bonds. The molecule has 0 aliphatic rings. The van der Waals surface area contributed by atoms with Crippen molar-refractivity contribution in [1.29, 1.82) is 0 Å². The molecule has 1 rings (SSSR count). The smallest absolute Gasteiger partial charge is 0.239 e. The Labute approximate surface area is 79.7 Å². The molecular formula is C7H6Cl2N2O. The maximum absolute atomic E-state index is 10.8. The molecule has 1 heterocycles. The number of carbonyl (C=O) groups excluding carboxylic acids is 1. The van der Waals surface area contributed by atoms with E-state index in [0.717, 1.165) is 0 Å². The van der Waals surface area contributed by atoms with Crippen LogP contribution in [0.5, 0.6) is 0 Å². The van der Waals surface area contributed by atoms with Crippen molar-refractivity contribution >= 4 is 34.8 Å². The third kappa shape index (κ3) is 2.36. The summed E-state index contributed by atoms with van der Waals surface area (Å²) in [7, 11) is 0. The Morgan fingerprint density at radius 3 is 3.00 bits per heavy atom. The molecule has 0 radical (unpaired) electrons. The van der Waals surface area contributed by atoms with Gasteiger partial charge in [0.25, 0.3) is 0 Å². The minimum absolute atomic E-state index is 0.0920. The molecule has 0 saturated heterocycles. The van der Waals surface area contributed by atoms with Crippen molar-refractivity contribution in [3.8, 4) is 0 Å². The first-order valence-corrected chi connectivity index (χ1v) is 4.10. The van der Waals surface area contributed by atoms with Gasteiger partial charge in [-0.3, -0.25) is 9.78 Å². The standard InChI is InChI=1S/C7H6Cl2N2O/c8-3-7(12)11-6-4-10-2-1-5(6)9/h1-2,4H,3H2,(H,11,12). The highest BCUT2D eigenvalue weighted by Gasteiger charge is 2.02. The fourth-order valence-electron chi connectivity index (χ4n) is 0.653. The molecule has 0 saturated carbocycles. The highest BCUT2D eigenvalue weighted by Crippen LogP contribution is 2.18. The van der Waals surface area contributed by atoms with E-state index in [2.05, 4.69) is 10.3 Å². The highest BCUT2D eigenvalue weighted by atomic mass is 35.5. The van der Waals surface area contributed by atoms with Crippen molar-refractivity contribution in [3.63, 3.8) is 0 Å². The molecule has 0 atom stereocenters. The molecule has 64 valence electrons. The maximum Gasteiger partial charge on any atom is 0.239 e. The van der Waals surface area contributed by atoms with Crippen molar-refractivity contribution < 1.29 is 4.79 Å². The first kappa shape index (κ1) is 9.29. The predicted octanol–water partition coefficient (Wildman–Crippen LogP) is 1.91. The Bertz CT molecular complexity index is 290. The number of halogens is 2. The number of amides is 1. The minimum atomic E-state index is -0.299. The lowest BCUT2D eigenvalue weighted by Crippen LogP contribution is -2.12. The molecule has 0 fully saturated rings. The van der Waals surface area contributed by atoms with Gasteiger partial charge in [-0.15, -0.1) is 11.6 Å². The third-order valence-electron chi connectivity index (χ3n) is 1.16. The zero-order chi connectivity index (χ0) is 8.97. The Morgan fingerprint density at radius 1 is 1.67 bits per heavy atom. The van der Waals surface area contributed by atoms with Gasteiger partial charge in [0.1, 0.15) is 5.88 Å². The predicted molar refractivity (Wildman–Crippen MR) is 48.6 cm³/mol. The highest BCUT2D eigenvalue weighted by molar-refractivity contribution is 6.34. The lowest BCUT2D eigenvalue weighted by Gasteiger charge is -2.02. The van der Waals surface area contributed by atoms with Gasteiger partial charge in [0.2, 0.25) is 5.91 Å². The molecule has 1 N–H and O–H groups in total. The van der Waals surface area contributed by atoms with E-state index < -0.39 is 0 Å². The van der Waals surface area contributed by atoms with Crippen LogP contribution in [-0.4, -0.2) is 16.8 Å². The number of aromatic nitrogens is 1. The van der Waals surface area contributed by atoms with Gasteiger partial charge >= 0.3 is 0 Å². The molecule has 5 heteroatoms. The van der Waals surface area contributed by atoms with Gasteiger partial charge in [-0.2, -0.15) is 0 Å². The molecule has 3 nitrogen and oxygen atoms in total. The number of hydrogen-bond acceptors (Lipinski definition) is 2. The summed E-state index contributed by atoms with van der Waals surface area (Å²) in [4.78, 5) is 14.6. The van der Waals surface area contributed by atoms with Crippen LogP contribution in [0.3, 0.4) is 0 Å². The lowest BCUT2D eigenvalue weighted by molar-refractivity contribution is -0.113. The Kier molecular flexibility index (Phi) is 3.31. The van der Waals surface area contributed by atoms with Gasteiger partial charge in [-0.05, 0) is 6.07 Å². The SMILES string of the molecule is O=C(CCl)Nc1cnccc1Cl. The minimum Gasteiger partial charge on any atom is -0.322 e. The van der Waals surface area contributed by atoms with Gasteiger partial charge in [0.05, 0.1) is 16.9 Å². The summed E-state index contributed by atoms with van der Waals surface area (Å²) in [5.74, 6) is -0.392. The van der Waals surface area contributed by atoms with E-state index in [0.29, 0.717) is 10.7 Å². The number of anilines is 1. The fraction of sp³-hybridized carbons (Fsp3) is 0.143. The summed E-state index contributed by atoms with van der Waals surface area (Å²) in [6.07, 6.45) is 3.01. The van der Waals surface area contributed by atoms with Crippen LogP contribution in [0.2, 0.25) is 5.02 Å². The summed E-state index contributed by atoms with van der Waals surface area (Å²) in [6.45, 7) is 0. The monoisotopic (exact) mass is 204 g/mol. The van der Waals surface area contributed by atoms with Crippen molar-refractivity contribution in [3.05, 3.63) is 23.5 Å². The first-order chi connectivity index (χ1) is 5.74. The summed E-state index contributed by atoms with van der Waals surface area (Å²) in [5, 5.41) is 2.94. The van der Waals surface area contributed by atoms with Gasteiger partial charge < -0.3 is 5.32 Å². The van der Waals surface area contributed by atoms with E-state index in [-0.39, 0.29) is 11.8 Å². The molecular weight excluding hydrogens is 199 g/mol. The first-order valence-electron chi connectivity index (χ1n) is 3.19. The van der Waals surface area contributed by atoms with Gasteiger partial charge in [-0.25, -0.2) is 0 Å². The average molecular weight is 205 g/mol. The van der Waals surface area contributed by atoms with Gasteiger partial charge in [-0.1, -0.05) is 11.6 Å². The summed E-state index contributed by atoms with van der Waals surface area (Å²) >= 11 is 11.0. The molecule has 0 aliphatic carbocycles. The second-order valence-electron chi connectivity index (χ2n) is 2.04. The quantitative estimate of drug-likeness (QED) is 0.749. The Balaban J connectivity index is 2.75. The van der Waals surface area contributed by atoms with Crippen molar-refractivity contribution in [2.24, 2.45) is 0 Å². The van der Waals surface area contributed by atoms with Crippen molar-refractivity contribution in [1.82, 2.24) is 4.98 Å². The molecule has 12 heavy (non-hydrogen) atoms. The number of nitrogens with one attached hydrogen (secondary N) is 1. The summed E-state index contributed by atoms with van der Waals surface area (Å²) < 4.78 is 0. The maximum atomic E-state index is 10.8. The third-order valence-corrected chi connectivity index (χ3v) is 1.74. The molecule has 1 aromatic heterocycles. The van der Waals surface area contributed by atoms with Gasteiger partial charge in [0, 0.05) is 6.20 Å². The summed E-state index contributed by atoms with van der Waals surface area (Å²) in [6, 6.07) is 1.59.